The first kappa shape index (κ1) is 18.2. The van der Waals surface area contributed by atoms with Crippen LogP contribution >= 0.6 is 11.6 Å². The van der Waals surface area contributed by atoms with E-state index in [0.29, 0.717) is 19.4 Å². The predicted molar refractivity (Wildman–Crippen MR) is 87.3 cm³/mol. The number of amides is 1. The number of halogens is 1. The van der Waals surface area contributed by atoms with Crippen molar-refractivity contribution >= 4 is 29.2 Å². The number of carbonyl (C=O) groups excluding carboxylic acids is 1. The lowest BCUT2D eigenvalue weighted by molar-refractivity contribution is -0.385. The molecule has 1 aromatic rings. The molecule has 1 fully saturated rings. The van der Waals surface area contributed by atoms with Crippen LogP contribution in [0.4, 0.5) is 5.69 Å². The highest BCUT2D eigenvalue weighted by Crippen LogP contribution is 2.27. The van der Waals surface area contributed by atoms with Crippen LogP contribution in [0.5, 0.6) is 0 Å². The van der Waals surface area contributed by atoms with Gasteiger partial charge in [-0.1, -0.05) is 18.5 Å². The van der Waals surface area contributed by atoms with Crippen LogP contribution in [0.25, 0.3) is 0 Å². The van der Waals surface area contributed by atoms with Crippen LogP contribution in [-0.4, -0.2) is 52.0 Å². The Morgan fingerprint density at radius 1 is 1.46 bits per heavy atom. The molecule has 0 aromatic heterocycles. The number of benzene rings is 1. The minimum absolute atomic E-state index is 0.0401. The van der Waals surface area contributed by atoms with E-state index in [9.17, 15) is 19.7 Å². The summed E-state index contributed by atoms with van der Waals surface area (Å²) in [5.74, 6) is -1.44. The quantitative estimate of drug-likeness (QED) is 0.570. The fourth-order valence-corrected chi connectivity index (χ4v) is 2.96. The highest BCUT2D eigenvalue weighted by molar-refractivity contribution is 6.31. The Labute approximate surface area is 143 Å². The fourth-order valence-electron chi connectivity index (χ4n) is 2.79. The van der Waals surface area contributed by atoms with Crippen LogP contribution < -0.4 is 5.32 Å². The van der Waals surface area contributed by atoms with Gasteiger partial charge in [-0.25, -0.2) is 0 Å². The standard InChI is InChI=1S/C15H18ClN3O5/c1-2-18(8-14(20)21)11-6-10(7-11)17-15(22)12-5-9(16)3-4-13(12)19(23)24/h3-5,10-11H,2,6-8H2,1H3,(H,17,22)(H,20,21). The van der Waals surface area contributed by atoms with Gasteiger partial charge in [-0.15, -0.1) is 0 Å². The first-order valence-electron chi connectivity index (χ1n) is 7.52. The molecule has 130 valence electrons. The van der Waals surface area contributed by atoms with Crippen molar-refractivity contribution in [2.75, 3.05) is 13.1 Å². The second-order valence-electron chi connectivity index (χ2n) is 5.67. The molecule has 0 bridgehead atoms. The Kier molecular flexibility index (Phi) is 5.74. The van der Waals surface area contributed by atoms with Crippen LogP contribution in [-0.2, 0) is 4.79 Å². The molecule has 0 radical (unpaired) electrons. The molecule has 0 saturated heterocycles. The van der Waals surface area contributed by atoms with Crippen molar-refractivity contribution in [2.45, 2.75) is 31.8 Å². The molecule has 2 rings (SSSR count). The zero-order chi connectivity index (χ0) is 17.9. The molecule has 1 aliphatic rings. The molecule has 2 N–H and O–H groups in total. The van der Waals surface area contributed by atoms with Crippen molar-refractivity contribution in [3.05, 3.63) is 38.9 Å². The smallest absolute Gasteiger partial charge is 0.317 e. The molecule has 24 heavy (non-hydrogen) atoms. The fraction of sp³-hybridized carbons (Fsp3) is 0.467. The minimum Gasteiger partial charge on any atom is -0.480 e. The van der Waals surface area contributed by atoms with Gasteiger partial charge in [0.15, 0.2) is 0 Å². The molecule has 9 heteroatoms. The number of nitro benzene ring substituents is 1. The molecule has 0 atom stereocenters. The lowest BCUT2D eigenvalue weighted by Crippen LogP contribution is -2.54. The van der Waals surface area contributed by atoms with E-state index in [2.05, 4.69) is 5.32 Å². The van der Waals surface area contributed by atoms with Crippen molar-refractivity contribution in [2.24, 2.45) is 0 Å². The van der Waals surface area contributed by atoms with Gasteiger partial charge < -0.3 is 10.4 Å². The zero-order valence-electron chi connectivity index (χ0n) is 13.1. The first-order valence-corrected chi connectivity index (χ1v) is 7.90. The summed E-state index contributed by atoms with van der Waals surface area (Å²) < 4.78 is 0. The third-order valence-corrected chi connectivity index (χ3v) is 4.34. The molecule has 1 saturated carbocycles. The number of carboxylic acids is 1. The summed E-state index contributed by atoms with van der Waals surface area (Å²) in [6, 6.07) is 3.79. The van der Waals surface area contributed by atoms with E-state index in [1.807, 2.05) is 11.8 Å². The molecule has 0 aliphatic heterocycles. The number of carbonyl (C=O) groups is 2. The van der Waals surface area contributed by atoms with E-state index in [1.165, 1.54) is 18.2 Å². The van der Waals surface area contributed by atoms with Gasteiger partial charge in [0, 0.05) is 23.2 Å². The summed E-state index contributed by atoms with van der Waals surface area (Å²) in [5.41, 5.74) is -0.373. The highest BCUT2D eigenvalue weighted by Gasteiger charge is 2.35. The third kappa shape index (κ3) is 4.21. The number of carboxylic acid groups (broad SMARTS) is 1. The summed E-state index contributed by atoms with van der Waals surface area (Å²) in [5, 5.41) is 22.9. The summed E-state index contributed by atoms with van der Waals surface area (Å²) >= 11 is 5.82. The molecule has 0 spiro atoms. The lowest BCUT2D eigenvalue weighted by atomic mass is 9.85. The van der Waals surface area contributed by atoms with E-state index in [1.54, 1.807) is 0 Å². The molecule has 0 unspecified atom stereocenters. The molecule has 1 amide bonds. The Morgan fingerprint density at radius 3 is 2.67 bits per heavy atom. The Morgan fingerprint density at radius 2 is 2.12 bits per heavy atom. The number of likely N-dealkylation sites (N-methyl/N-ethyl adjacent to an activating group) is 1. The topological polar surface area (TPSA) is 113 Å². The number of nitrogens with one attached hydrogen (secondary N) is 1. The van der Waals surface area contributed by atoms with Crippen LogP contribution in [0.2, 0.25) is 5.02 Å². The second-order valence-corrected chi connectivity index (χ2v) is 6.11. The van der Waals surface area contributed by atoms with E-state index < -0.39 is 16.8 Å². The van der Waals surface area contributed by atoms with Crippen molar-refractivity contribution in [1.29, 1.82) is 0 Å². The van der Waals surface area contributed by atoms with Crippen molar-refractivity contribution in [3.8, 4) is 0 Å². The maximum Gasteiger partial charge on any atom is 0.317 e. The van der Waals surface area contributed by atoms with Crippen LogP contribution in [0.15, 0.2) is 18.2 Å². The second kappa shape index (κ2) is 7.59. The number of nitrogens with zero attached hydrogens (tertiary/aromatic N) is 2. The predicted octanol–water partition coefficient (Wildman–Crippen LogP) is 1.92. The molecular formula is C15H18ClN3O5. The largest absolute Gasteiger partial charge is 0.480 e. The summed E-state index contributed by atoms with van der Waals surface area (Å²) in [6.45, 7) is 2.45. The van der Waals surface area contributed by atoms with Crippen LogP contribution in [0.3, 0.4) is 0 Å². The van der Waals surface area contributed by atoms with Gasteiger partial charge in [-0.3, -0.25) is 24.6 Å². The molecule has 0 heterocycles. The van der Waals surface area contributed by atoms with Gasteiger partial charge in [0.2, 0.25) is 0 Å². The van der Waals surface area contributed by atoms with Crippen molar-refractivity contribution < 1.29 is 19.6 Å². The summed E-state index contributed by atoms with van der Waals surface area (Å²) in [4.78, 5) is 35.3. The van der Waals surface area contributed by atoms with E-state index >= 15 is 0 Å². The number of aliphatic carboxylic acids is 1. The number of nitro groups is 1. The minimum atomic E-state index is -0.890. The van der Waals surface area contributed by atoms with Crippen molar-refractivity contribution in [3.63, 3.8) is 0 Å². The van der Waals surface area contributed by atoms with Gasteiger partial charge in [0.1, 0.15) is 5.56 Å². The van der Waals surface area contributed by atoms with Crippen LogP contribution in [0.1, 0.15) is 30.1 Å². The maximum atomic E-state index is 12.3. The molecule has 1 aromatic carbocycles. The Hall–Kier alpha value is -2.19. The summed E-state index contributed by atoms with van der Waals surface area (Å²) in [6.07, 6.45) is 1.22. The van der Waals surface area contributed by atoms with E-state index in [4.69, 9.17) is 16.7 Å². The van der Waals surface area contributed by atoms with Gasteiger partial charge in [0.25, 0.3) is 11.6 Å². The van der Waals surface area contributed by atoms with Gasteiger partial charge >= 0.3 is 5.97 Å². The zero-order valence-corrected chi connectivity index (χ0v) is 13.8. The average Bonchev–Trinajstić information content (AvgIpc) is 2.47. The Bertz CT molecular complexity index is 661. The first-order chi connectivity index (χ1) is 11.3. The lowest BCUT2D eigenvalue weighted by Gasteiger charge is -2.42. The summed E-state index contributed by atoms with van der Waals surface area (Å²) in [7, 11) is 0. The van der Waals surface area contributed by atoms with Gasteiger partial charge in [-0.05, 0) is 31.5 Å². The SMILES string of the molecule is CCN(CC(=O)O)C1CC(NC(=O)c2cc(Cl)ccc2[N+](=O)[O-])C1. The van der Waals surface area contributed by atoms with Gasteiger partial charge in [0.05, 0.1) is 11.5 Å². The molecular weight excluding hydrogens is 338 g/mol. The van der Waals surface area contributed by atoms with E-state index in [-0.39, 0.29) is 34.9 Å². The Balaban J connectivity index is 1.97. The number of hydrogen-bond donors (Lipinski definition) is 2. The highest BCUT2D eigenvalue weighted by atomic mass is 35.5. The normalized spacial score (nSPS) is 19.6. The molecule has 8 nitrogen and oxygen atoms in total. The third-order valence-electron chi connectivity index (χ3n) is 4.11. The van der Waals surface area contributed by atoms with E-state index in [0.717, 1.165) is 0 Å². The number of hydrogen-bond acceptors (Lipinski definition) is 5. The van der Waals surface area contributed by atoms with Gasteiger partial charge in [-0.2, -0.15) is 0 Å². The number of rotatable bonds is 7. The maximum absolute atomic E-state index is 12.3. The van der Waals surface area contributed by atoms with Crippen LogP contribution in [0, 0.1) is 10.1 Å². The van der Waals surface area contributed by atoms with Crippen molar-refractivity contribution in [1.82, 2.24) is 10.2 Å². The monoisotopic (exact) mass is 355 g/mol. The average molecular weight is 356 g/mol. The molecule has 1 aliphatic carbocycles.